The number of carboxylic acid groups (broad SMARTS) is 1. The molecular weight excluding hydrogens is 383 g/mol. The standard InChI is InChI=1S/C14H11ClF3N3O3S/c15-10-2-1-9(25-10)11-6(3-19-20-11)12(22)21-4-7(13(23)24)8(5-21)14(16,17)18/h1-3,7-8H,4-5H2,(H,19,20)(H,23,24)/t7-,8-/m1/s1. The lowest BCUT2D eigenvalue weighted by Crippen LogP contribution is -2.34. The number of thiophene rings is 1. The Hall–Kier alpha value is -2.07. The third-order valence-corrected chi connectivity index (χ3v) is 5.28. The van der Waals surface area contributed by atoms with Gasteiger partial charge in [0.05, 0.1) is 38.5 Å². The lowest BCUT2D eigenvalue weighted by molar-refractivity contribution is -0.187. The molecule has 2 atom stereocenters. The molecule has 3 heterocycles. The van der Waals surface area contributed by atoms with Gasteiger partial charge in [0.25, 0.3) is 5.91 Å². The van der Waals surface area contributed by atoms with Crippen molar-refractivity contribution in [3.05, 3.63) is 28.2 Å². The number of carbonyl (C=O) groups is 2. The lowest BCUT2D eigenvalue weighted by Gasteiger charge is -2.18. The zero-order chi connectivity index (χ0) is 18.4. The Labute approximate surface area is 148 Å². The minimum Gasteiger partial charge on any atom is -0.481 e. The lowest BCUT2D eigenvalue weighted by atomic mass is 9.96. The molecule has 134 valence electrons. The van der Waals surface area contributed by atoms with Crippen LogP contribution in [0.5, 0.6) is 0 Å². The van der Waals surface area contributed by atoms with Crippen LogP contribution in [0.1, 0.15) is 10.4 Å². The van der Waals surface area contributed by atoms with Crippen molar-refractivity contribution in [1.82, 2.24) is 15.1 Å². The van der Waals surface area contributed by atoms with Crippen LogP contribution in [-0.2, 0) is 4.79 Å². The number of rotatable bonds is 3. The molecule has 6 nitrogen and oxygen atoms in total. The fourth-order valence-corrected chi connectivity index (χ4v) is 3.86. The summed E-state index contributed by atoms with van der Waals surface area (Å²) in [5.41, 5.74) is 0.412. The minimum absolute atomic E-state index is 0.0745. The van der Waals surface area contributed by atoms with Gasteiger partial charge in [0, 0.05) is 13.1 Å². The number of aliphatic carboxylic acids is 1. The number of likely N-dealkylation sites (tertiary alicyclic amines) is 1. The Morgan fingerprint density at radius 1 is 1.36 bits per heavy atom. The van der Waals surface area contributed by atoms with Gasteiger partial charge in [-0.1, -0.05) is 11.6 Å². The van der Waals surface area contributed by atoms with Gasteiger partial charge in [-0.25, -0.2) is 0 Å². The first-order valence-corrected chi connectivity index (χ1v) is 8.25. The third-order valence-electron chi connectivity index (χ3n) is 4.03. The number of halogens is 4. The average molecular weight is 394 g/mol. The molecule has 0 spiro atoms. The third kappa shape index (κ3) is 3.36. The highest BCUT2D eigenvalue weighted by atomic mass is 35.5. The number of H-pyrrole nitrogens is 1. The Morgan fingerprint density at radius 3 is 2.60 bits per heavy atom. The van der Waals surface area contributed by atoms with E-state index in [1.807, 2.05) is 0 Å². The fourth-order valence-electron chi connectivity index (χ4n) is 2.81. The number of alkyl halides is 3. The van der Waals surface area contributed by atoms with E-state index in [1.54, 1.807) is 12.1 Å². The molecule has 11 heteroatoms. The predicted octanol–water partition coefficient (Wildman–Crippen LogP) is 3.13. The largest absolute Gasteiger partial charge is 0.481 e. The zero-order valence-corrected chi connectivity index (χ0v) is 14.0. The van der Waals surface area contributed by atoms with Crippen LogP contribution >= 0.6 is 22.9 Å². The van der Waals surface area contributed by atoms with Crippen LogP contribution in [0.3, 0.4) is 0 Å². The summed E-state index contributed by atoms with van der Waals surface area (Å²) in [7, 11) is 0. The van der Waals surface area contributed by atoms with Crippen LogP contribution in [0.15, 0.2) is 18.3 Å². The van der Waals surface area contributed by atoms with E-state index >= 15 is 0 Å². The van der Waals surface area contributed by atoms with E-state index in [0.29, 0.717) is 14.9 Å². The summed E-state index contributed by atoms with van der Waals surface area (Å²) in [5.74, 6) is -6.06. The Kier molecular flexibility index (Phi) is 4.50. The SMILES string of the molecule is O=C(O)[C@@H]1CN(C(=O)c2cn[nH]c2-c2ccc(Cl)s2)C[C@H]1C(F)(F)F. The molecule has 1 aliphatic rings. The zero-order valence-electron chi connectivity index (χ0n) is 12.4. The van der Waals surface area contributed by atoms with Crippen LogP contribution in [0.25, 0.3) is 10.6 Å². The van der Waals surface area contributed by atoms with Crippen LogP contribution in [-0.4, -0.2) is 51.3 Å². The summed E-state index contributed by atoms with van der Waals surface area (Å²) in [6.45, 7) is -1.21. The van der Waals surface area contributed by atoms with E-state index in [-0.39, 0.29) is 5.56 Å². The number of hydrogen-bond donors (Lipinski definition) is 2. The van der Waals surface area contributed by atoms with Gasteiger partial charge in [0.1, 0.15) is 0 Å². The molecule has 1 fully saturated rings. The van der Waals surface area contributed by atoms with Crippen LogP contribution in [0.4, 0.5) is 13.2 Å². The van der Waals surface area contributed by atoms with Crippen molar-refractivity contribution in [1.29, 1.82) is 0 Å². The molecule has 1 amide bonds. The van der Waals surface area contributed by atoms with Gasteiger partial charge in [-0.3, -0.25) is 14.7 Å². The van der Waals surface area contributed by atoms with E-state index in [2.05, 4.69) is 10.2 Å². The molecule has 0 radical (unpaired) electrons. The summed E-state index contributed by atoms with van der Waals surface area (Å²) in [6, 6.07) is 3.27. The molecular formula is C14H11ClF3N3O3S. The highest BCUT2D eigenvalue weighted by molar-refractivity contribution is 7.19. The monoisotopic (exact) mass is 393 g/mol. The summed E-state index contributed by atoms with van der Waals surface area (Å²) in [5, 5.41) is 15.4. The Balaban J connectivity index is 1.88. The second-order valence-electron chi connectivity index (χ2n) is 5.57. The number of carbonyl (C=O) groups excluding carboxylic acids is 1. The number of aromatic nitrogens is 2. The molecule has 0 saturated carbocycles. The van der Waals surface area contributed by atoms with Crippen molar-refractivity contribution in [3.63, 3.8) is 0 Å². The first-order chi connectivity index (χ1) is 11.7. The van der Waals surface area contributed by atoms with Gasteiger partial charge in [0.15, 0.2) is 0 Å². The van der Waals surface area contributed by atoms with E-state index in [0.717, 1.165) is 4.90 Å². The van der Waals surface area contributed by atoms with E-state index in [9.17, 15) is 22.8 Å². The number of hydrogen-bond acceptors (Lipinski definition) is 4. The molecule has 0 aliphatic carbocycles. The Morgan fingerprint density at radius 2 is 2.08 bits per heavy atom. The predicted molar refractivity (Wildman–Crippen MR) is 83.5 cm³/mol. The summed E-state index contributed by atoms with van der Waals surface area (Å²) < 4.78 is 39.7. The maximum absolute atomic E-state index is 13.1. The second-order valence-corrected chi connectivity index (χ2v) is 7.28. The van der Waals surface area contributed by atoms with Gasteiger partial charge in [-0.05, 0) is 12.1 Å². The molecule has 1 aliphatic heterocycles. The minimum atomic E-state index is -4.70. The van der Waals surface area contributed by atoms with Crippen molar-refractivity contribution >= 4 is 34.8 Å². The van der Waals surface area contributed by atoms with E-state index < -0.39 is 43.0 Å². The van der Waals surface area contributed by atoms with E-state index in [1.165, 1.54) is 17.5 Å². The fraction of sp³-hybridized carbons (Fsp3) is 0.357. The maximum Gasteiger partial charge on any atom is 0.394 e. The number of nitrogens with one attached hydrogen (secondary N) is 1. The van der Waals surface area contributed by atoms with Crippen LogP contribution in [0, 0.1) is 11.8 Å². The Bertz CT molecular complexity index is 820. The molecule has 3 rings (SSSR count). The molecule has 1 saturated heterocycles. The molecule has 0 aromatic carbocycles. The van der Waals surface area contributed by atoms with Crippen molar-refractivity contribution in [2.24, 2.45) is 11.8 Å². The molecule has 0 unspecified atom stereocenters. The number of nitrogens with zero attached hydrogens (tertiary/aromatic N) is 2. The molecule has 2 aromatic rings. The average Bonchev–Trinajstić information content (AvgIpc) is 3.23. The number of amides is 1. The van der Waals surface area contributed by atoms with Crippen molar-refractivity contribution in [2.45, 2.75) is 6.18 Å². The summed E-state index contributed by atoms with van der Waals surface area (Å²) >= 11 is 7.04. The van der Waals surface area contributed by atoms with Crippen LogP contribution in [0.2, 0.25) is 4.34 Å². The molecule has 2 N–H and O–H groups in total. The van der Waals surface area contributed by atoms with Crippen molar-refractivity contribution < 1.29 is 27.9 Å². The number of aromatic amines is 1. The highest BCUT2D eigenvalue weighted by Crippen LogP contribution is 2.39. The van der Waals surface area contributed by atoms with Gasteiger partial charge in [-0.2, -0.15) is 18.3 Å². The molecule has 25 heavy (non-hydrogen) atoms. The second kappa shape index (κ2) is 6.34. The normalized spacial score (nSPS) is 20.9. The topological polar surface area (TPSA) is 86.3 Å². The van der Waals surface area contributed by atoms with Gasteiger partial charge in [0.2, 0.25) is 0 Å². The van der Waals surface area contributed by atoms with Crippen LogP contribution < -0.4 is 0 Å². The van der Waals surface area contributed by atoms with Crippen molar-refractivity contribution in [2.75, 3.05) is 13.1 Å². The molecule has 0 bridgehead atoms. The first kappa shape index (κ1) is 17.7. The van der Waals surface area contributed by atoms with E-state index in [4.69, 9.17) is 16.7 Å². The summed E-state index contributed by atoms with van der Waals surface area (Å²) in [6.07, 6.45) is -3.49. The smallest absolute Gasteiger partial charge is 0.394 e. The first-order valence-electron chi connectivity index (χ1n) is 7.06. The quantitative estimate of drug-likeness (QED) is 0.838. The number of carboxylic acids is 1. The summed E-state index contributed by atoms with van der Waals surface area (Å²) in [4.78, 5) is 25.3. The van der Waals surface area contributed by atoms with Gasteiger partial charge in [-0.15, -0.1) is 11.3 Å². The van der Waals surface area contributed by atoms with Gasteiger partial charge < -0.3 is 10.0 Å². The van der Waals surface area contributed by atoms with Gasteiger partial charge >= 0.3 is 12.1 Å². The van der Waals surface area contributed by atoms with Crippen molar-refractivity contribution in [3.8, 4) is 10.6 Å². The maximum atomic E-state index is 13.1. The molecule has 2 aromatic heterocycles. The highest BCUT2D eigenvalue weighted by Gasteiger charge is 2.53.